The van der Waals surface area contributed by atoms with Gasteiger partial charge in [0.25, 0.3) is 0 Å². The molecule has 0 saturated carbocycles. The summed E-state index contributed by atoms with van der Waals surface area (Å²) in [6.07, 6.45) is 1.55. The van der Waals surface area contributed by atoms with Gasteiger partial charge in [-0.05, 0) is 39.7 Å². The van der Waals surface area contributed by atoms with Crippen LogP contribution in [0.2, 0.25) is 5.02 Å². The molecule has 1 aromatic heterocycles. The summed E-state index contributed by atoms with van der Waals surface area (Å²) in [5.74, 6) is -0.633. The van der Waals surface area contributed by atoms with Gasteiger partial charge in [-0.15, -0.1) is 0 Å². The molecule has 1 aromatic carbocycles. The normalized spacial score (nSPS) is 10.3. The van der Waals surface area contributed by atoms with E-state index in [2.05, 4.69) is 26.2 Å². The molecule has 0 bridgehead atoms. The van der Waals surface area contributed by atoms with Crippen molar-refractivity contribution in [3.8, 4) is 0 Å². The van der Waals surface area contributed by atoms with E-state index in [1.807, 2.05) is 0 Å². The van der Waals surface area contributed by atoms with Crippen LogP contribution in [-0.4, -0.2) is 10.9 Å². The fourth-order valence-corrected chi connectivity index (χ4v) is 2.01. The molecule has 1 heterocycles. The van der Waals surface area contributed by atoms with Crippen molar-refractivity contribution >= 4 is 39.1 Å². The third kappa shape index (κ3) is 4.01. The van der Waals surface area contributed by atoms with Crippen molar-refractivity contribution in [3.63, 3.8) is 0 Å². The van der Waals surface area contributed by atoms with Gasteiger partial charge in [0, 0.05) is 6.20 Å². The zero-order chi connectivity index (χ0) is 13.8. The molecule has 0 radical (unpaired) electrons. The first-order valence-corrected chi connectivity index (χ1v) is 6.57. The van der Waals surface area contributed by atoms with Crippen LogP contribution in [-0.2, 0) is 11.2 Å². The highest BCUT2D eigenvalue weighted by Crippen LogP contribution is 2.23. The van der Waals surface area contributed by atoms with Crippen molar-refractivity contribution in [1.82, 2.24) is 4.98 Å². The smallest absolute Gasteiger partial charge is 0.228 e. The van der Waals surface area contributed by atoms with Gasteiger partial charge in [0.1, 0.15) is 10.4 Å². The highest BCUT2D eigenvalue weighted by molar-refractivity contribution is 9.10. The van der Waals surface area contributed by atoms with Gasteiger partial charge in [-0.2, -0.15) is 0 Å². The number of nitrogens with one attached hydrogen (secondary N) is 1. The van der Waals surface area contributed by atoms with E-state index in [1.54, 1.807) is 18.2 Å². The number of halogens is 3. The zero-order valence-corrected chi connectivity index (χ0v) is 12.0. The Kier molecular flexibility index (Phi) is 4.50. The summed E-state index contributed by atoms with van der Waals surface area (Å²) < 4.78 is 13.5. The third-order valence-corrected chi connectivity index (χ3v) is 3.17. The van der Waals surface area contributed by atoms with Crippen LogP contribution in [0.15, 0.2) is 41.1 Å². The molecule has 0 aliphatic carbocycles. The lowest BCUT2D eigenvalue weighted by molar-refractivity contribution is -0.115. The van der Waals surface area contributed by atoms with E-state index in [1.165, 1.54) is 18.3 Å². The summed E-state index contributed by atoms with van der Waals surface area (Å²) in [6, 6.07) is 7.49. The first-order chi connectivity index (χ1) is 9.04. The number of carbonyl (C=O) groups excluding carboxylic acids is 1. The summed E-state index contributed by atoms with van der Waals surface area (Å²) in [5.41, 5.74) is 1.08. The molecule has 0 fully saturated rings. The molecule has 3 nitrogen and oxygen atoms in total. The fraction of sp³-hybridized carbons (Fsp3) is 0.0769. The van der Waals surface area contributed by atoms with E-state index in [0.717, 1.165) is 0 Å². The minimum absolute atomic E-state index is 0.0801. The summed E-state index contributed by atoms with van der Waals surface area (Å²) in [5, 5.41) is 3.08. The number of hydrogen-bond acceptors (Lipinski definition) is 2. The van der Waals surface area contributed by atoms with E-state index in [4.69, 9.17) is 11.6 Å². The predicted molar refractivity (Wildman–Crippen MR) is 75.7 cm³/mol. The molecule has 1 N–H and O–H groups in total. The Labute approximate surface area is 122 Å². The van der Waals surface area contributed by atoms with Gasteiger partial charge in [-0.1, -0.05) is 23.7 Å². The Morgan fingerprint density at radius 3 is 2.95 bits per heavy atom. The Morgan fingerprint density at radius 2 is 2.21 bits per heavy atom. The lowest BCUT2D eigenvalue weighted by Gasteiger charge is -2.07. The summed E-state index contributed by atoms with van der Waals surface area (Å²) in [7, 11) is 0. The Balaban J connectivity index is 2.07. The van der Waals surface area contributed by atoms with Gasteiger partial charge in [-0.25, -0.2) is 9.37 Å². The molecule has 0 unspecified atom stereocenters. The number of hydrogen-bond donors (Lipinski definition) is 1. The Morgan fingerprint density at radius 1 is 1.42 bits per heavy atom. The van der Waals surface area contributed by atoms with Crippen molar-refractivity contribution in [2.24, 2.45) is 0 Å². The van der Waals surface area contributed by atoms with Gasteiger partial charge in [-0.3, -0.25) is 4.79 Å². The summed E-state index contributed by atoms with van der Waals surface area (Å²) in [6.45, 7) is 0. The maximum absolute atomic E-state index is 13.0. The quantitative estimate of drug-likeness (QED) is 0.861. The molecular weight excluding hydrogens is 335 g/mol. The molecular formula is C13H9BrClFN2O. The van der Waals surface area contributed by atoms with E-state index >= 15 is 0 Å². The number of carbonyl (C=O) groups is 1. The van der Waals surface area contributed by atoms with E-state index in [9.17, 15) is 9.18 Å². The molecule has 0 aliphatic rings. The third-order valence-electron chi connectivity index (χ3n) is 2.33. The number of aromatic nitrogens is 1. The minimum Gasteiger partial charge on any atom is -0.323 e. The highest BCUT2D eigenvalue weighted by atomic mass is 79.9. The fourth-order valence-electron chi connectivity index (χ4n) is 1.54. The van der Waals surface area contributed by atoms with Gasteiger partial charge in [0.2, 0.25) is 5.91 Å². The van der Waals surface area contributed by atoms with E-state index in [0.29, 0.717) is 20.9 Å². The monoisotopic (exact) mass is 342 g/mol. The summed E-state index contributed by atoms with van der Waals surface area (Å²) in [4.78, 5) is 15.8. The number of pyridine rings is 1. The molecule has 0 atom stereocenters. The molecule has 0 aliphatic heterocycles. The van der Waals surface area contributed by atoms with E-state index in [-0.39, 0.29) is 18.1 Å². The Bertz CT molecular complexity index is 621. The molecule has 0 spiro atoms. The second kappa shape index (κ2) is 6.12. The predicted octanol–water partition coefficient (Wildman–Crippen LogP) is 3.82. The topological polar surface area (TPSA) is 42.0 Å². The van der Waals surface area contributed by atoms with E-state index < -0.39 is 0 Å². The average molecular weight is 344 g/mol. The number of nitrogens with zero attached hydrogens (tertiary/aromatic N) is 1. The van der Waals surface area contributed by atoms with Crippen molar-refractivity contribution in [1.29, 1.82) is 0 Å². The van der Waals surface area contributed by atoms with Crippen LogP contribution in [0.5, 0.6) is 0 Å². The number of amides is 1. The van der Waals surface area contributed by atoms with Crippen LogP contribution >= 0.6 is 27.5 Å². The first kappa shape index (κ1) is 14.0. The number of anilines is 1. The molecule has 19 heavy (non-hydrogen) atoms. The molecule has 98 valence electrons. The van der Waals surface area contributed by atoms with Crippen molar-refractivity contribution < 1.29 is 9.18 Å². The molecule has 2 aromatic rings. The number of rotatable bonds is 3. The van der Waals surface area contributed by atoms with Crippen molar-refractivity contribution in [2.45, 2.75) is 6.42 Å². The zero-order valence-electron chi connectivity index (χ0n) is 9.66. The van der Waals surface area contributed by atoms with Crippen molar-refractivity contribution in [3.05, 3.63) is 57.5 Å². The molecule has 1 amide bonds. The van der Waals surface area contributed by atoms with Crippen LogP contribution in [0, 0.1) is 5.82 Å². The highest BCUT2D eigenvalue weighted by Gasteiger charge is 2.08. The van der Waals surface area contributed by atoms with Gasteiger partial charge in [0.15, 0.2) is 0 Å². The lowest BCUT2D eigenvalue weighted by Crippen LogP contribution is -2.15. The first-order valence-electron chi connectivity index (χ1n) is 5.40. The molecule has 0 saturated heterocycles. The lowest BCUT2D eigenvalue weighted by atomic mass is 10.1. The SMILES string of the molecule is O=C(Cc1cccc(F)c1)Nc1cc(Cl)cnc1Br. The minimum atomic E-state index is -0.365. The van der Waals surface area contributed by atoms with Gasteiger partial charge < -0.3 is 5.32 Å². The maximum Gasteiger partial charge on any atom is 0.228 e. The van der Waals surface area contributed by atoms with Crippen LogP contribution in [0.1, 0.15) is 5.56 Å². The van der Waals surface area contributed by atoms with Gasteiger partial charge >= 0.3 is 0 Å². The summed E-state index contributed by atoms with van der Waals surface area (Å²) >= 11 is 9.01. The average Bonchev–Trinajstić information content (AvgIpc) is 2.34. The maximum atomic E-state index is 13.0. The number of benzene rings is 1. The molecule has 6 heteroatoms. The largest absolute Gasteiger partial charge is 0.323 e. The van der Waals surface area contributed by atoms with Crippen LogP contribution in [0.4, 0.5) is 10.1 Å². The van der Waals surface area contributed by atoms with Crippen molar-refractivity contribution in [2.75, 3.05) is 5.32 Å². The van der Waals surface area contributed by atoms with Crippen LogP contribution < -0.4 is 5.32 Å². The second-order valence-electron chi connectivity index (χ2n) is 3.85. The molecule has 2 rings (SSSR count). The standard InChI is InChI=1S/C13H9BrClFN2O/c14-13-11(6-9(15)7-17-13)18-12(19)5-8-2-1-3-10(16)4-8/h1-4,6-7H,5H2,(H,18,19). The van der Waals surface area contributed by atoms with Crippen LogP contribution in [0.25, 0.3) is 0 Å². The Hall–Kier alpha value is -1.46. The van der Waals surface area contributed by atoms with Crippen LogP contribution in [0.3, 0.4) is 0 Å². The van der Waals surface area contributed by atoms with Gasteiger partial charge in [0.05, 0.1) is 17.1 Å². The second-order valence-corrected chi connectivity index (χ2v) is 5.03.